The Hall–Kier alpha value is -1.95. The first-order valence-electron chi connectivity index (χ1n) is 7.64. The van der Waals surface area contributed by atoms with Gasteiger partial charge in [0, 0.05) is 37.6 Å². The van der Waals surface area contributed by atoms with Crippen LogP contribution in [0.3, 0.4) is 0 Å². The minimum absolute atomic E-state index is 0.00872. The molecule has 1 atom stereocenters. The largest absolute Gasteiger partial charge is 0.380 e. The van der Waals surface area contributed by atoms with Gasteiger partial charge in [0.25, 0.3) is 0 Å². The van der Waals surface area contributed by atoms with Gasteiger partial charge in [0.1, 0.15) is 5.82 Å². The zero-order chi connectivity index (χ0) is 15.5. The number of hydrogen-bond donors (Lipinski definition) is 1. The number of nitrogens with one attached hydrogen (secondary N) is 1. The van der Waals surface area contributed by atoms with Crippen LogP contribution in [0.4, 0.5) is 10.1 Å². The molecule has 2 aliphatic heterocycles. The van der Waals surface area contributed by atoms with E-state index in [1.807, 2.05) is 17.9 Å². The molecule has 1 fully saturated rings. The first-order valence-corrected chi connectivity index (χ1v) is 7.64. The summed E-state index contributed by atoms with van der Waals surface area (Å²) in [5.41, 5.74) is 4.51. The molecule has 1 saturated heterocycles. The Morgan fingerprint density at radius 3 is 3.00 bits per heavy atom. The fourth-order valence-corrected chi connectivity index (χ4v) is 2.91. The van der Waals surface area contributed by atoms with E-state index in [2.05, 4.69) is 10.5 Å². The zero-order valence-electron chi connectivity index (χ0n) is 12.6. The van der Waals surface area contributed by atoms with Gasteiger partial charge in [0.15, 0.2) is 0 Å². The molecule has 1 N–H and O–H groups in total. The van der Waals surface area contributed by atoms with Gasteiger partial charge in [0.05, 0.1) is 18.0 Å². The molecule has 6 heteroatoms. The van der Waals surface area contributed by atoms with Crippen molar-refractivity contribution in [3.63, 3.8) is 0 Å². The molecule has 0 unspecified atom stereocenters. The van der Waals surface area contributed by atoms with Crippen LogP contribution in [-0.2, 0) is 9.53 Å². The lowest BCUT2D eigenvalue weighted by Crippen LogP contribution is -2.32. The van der Waals surface area contributed by atoms with E-state index in [1.54, 1.807) is 6.07 Å². The van der Waals surface area contributed by atoms with Crippen molar-refractivity contribution in [2.24, 2.45) is 11.0 Å². The van der Waals surface area contributed by atoms with E-state index >= 15 is 0 Å². The van der Waals surface area contributed by atoms with Crippen molar-refractivity contribution in [3.8, 4) is 0 Å². The summed E-state index contributed by atoms with van der Waals surface area (Å²) in [6.45, 7) is 4.77. The maximum atomic E-state index is 14.5. The molecule has 0 bridgehead atoms. The lowest BCUT2D eigenvalue weighted by atomic mass is 9.94. The van der Waals surface area contributed by atoms with Crippen LogP contribution >= 0.6 is 0 Å². The second-order valence-electron chi connectivity index (χ2n) is 5.76. The number of rotatable bonds is 2. The predicted molar refractivity (Wildman–Crippen MR) is 82.5 cm³/mol. The average Bonchev–Trinajstić information content (AvgIpc) is 2.76. The summed E-state index contributed by atoms with van der Waals surface area (Å²) in [5, 5.41) is 4.08. The fourth-order valence-electron chi connectivity index (χ4n) is 2.91. The van der Waals surface area contributed by atoms with Crippen molar-refractivity contribution in [1.82, 2.24) is 5.43 Å². The fraction of sp³-hybridized carbons (Fsp3) is 0.500. The topological polar surface area (TPSA) is 53.9 Å². The van der Waals surface area contributed by atoms with Gasteiger partial charge in [0.2, 0.25) is 5.91 Å². The average molecular weight is 305 g/mol. The molecule has 1 aromatic rings. The first-order chi connectivity index (χ1) is 10.6. The third-order valence-corrected chi connectivity index (χ3v) is 4.07. The molecule has 3 rings (SSSR count). The van der Waals surface area contributed by atoms with E-state index in [4.69, 9.17) is 4.74 Å². The van der Waals surface area contributed by atoms with Crippen molar-refractivity contribution in [1.29, 1.82) is 0 Å². The molecule has 0 radical (unpaired) electrons. The van der Waals surface area contributed by atoms with Crippen molar-refractivity contribution in [3.05, 3.63) is 29.6 Å². The molecule has 2 aliphatic rings. The minimum atomic E-state index is -0.258. The molecule has 0 spiro atoms. The Bertz CT molecular complexity index is 595. The van der Waals surface area contributed by atoms with Crippen molar-refractivity contribution in [2.45, 2.75) is 19.8 Å². The lowest BCUT2D eigenvalue weighted by molar-refractivity contribution is -0.121. The van der Waals surface area contributed by atoms with Gasteiger partial charge < -0.3 is 9.64 Å². The number of hydrazone groups is 1. The van der Waals surface area contributed by atoms with Crippen molar-refractivity contribution in [2.75, 3.05) is 31.2 Å². The predicted octanol–water partition coefficient (Wildman–Crippen LogP) is 1.91. The molecule has 2 heterocycles. The maximum Gasteiger partial charge on any atom is 0.240 e. The number of carbonyl (C=O) groups is 1. The molecular weight excluding hydrogens is 285 g/mol. The molecule has 1 amide bonds. The summed E-state index contributed by atoms with van der Waals surface area (Å²) in [6, 6.07) is 5.17. The van der Waals surface area contributed by atoms with Crippen LogP contribution in [0, 0.1) is 11.7 Å². The van der Waals surface area contributed by atoms with Crippen LogP contribution in [0.1, 0.15) is 25.3 Å². The summed E-state index contributed by atoms with van der Waals surface area (Å²) < 4.78 is 19.9. The van der Waals surface area contributed by atoms with Crippen molar-refractivity contribution < 1.29 is 13.9 Å². The monoisotopic (exact) mass is 305 g/mol. The normalized spacial score (nSPS) is 22.8. The third-order valence-electron chi connectivity index (χ3n) is 4.07. The second-order valence-corrected chi connectivity index (χ2v) is 5.76. The molecule has 0 aliphatic carbocycles. The number of hydrogen-bond acceptors (Lipinski definition) is 4. The number of anilines is 1. The SMILES string of the molecule is C[C@@H]1CC(=O)NN=C1c1ccc(N2CCCOCC2)c(F)c1. The van der Waals surface area contributed by atoms with Gasteiger partial charge in [-0.25, -0.2) is 9.82 Å². The summed E-state index contributed by atoms with van der Waals surface area (Å²) in [6.07, 6.45) is 1.28. The number of benzene rings is 1. The Kier molecular flexibility index (Phi) is 4.38. The molecule has 22 heavy (non-hydrogen) atoms. The van der Waals surface area contributed by atoms with Crippen LogP contribution in [0.5, 0.6) is 0 Å². The molecule has 0 saturated carbocycles. The number of carbonyl (C=O) groups excluding carboxylic acids is 1. The van der Waals surface area contributed by atoms with Gasteiger partial charge in [-0.05, 0) is 18.6 Å². The quantitative estimate of drug-likeness (QED) is 0.908. The summed E-state index contributed by atoms with van der Waals surface area (Å²) in [5.74, 6) is -0.366. The standard InChI is InChI=1S/C16H20FN3O2/c1-11-9-15(21)18-19-16(11)12-3-4-14(13(17)10-12)20-5-2-7-22-8-6-20/h3-4,10-11H,2,5-9H2,1H3,(H,18,21)/t11-/m1/s1. The number of nitrogens with zero attached hydrogens (tertiary/aromatic N) is 2. The minimum Gasteiger partial charge on any atom is -0.380 e. The maximum absolute atomic E-state index is 14.5. The lowest BCUT2D eigenvalue weighted by Gasteiger charge is -2.24. The van der Waals surface area contributed by atoms with Gasteiger partial charge in [-0.2, -0.15) is 5.10 Å². The van der Waals surface area contributed by atoms with Gasteiger partial charge in [-0.15, -0.1) is 0 Å². The van der Waals surface area contributed by atoms with Crippen molar-refractivity contribution >= 4 is 17.3 Å². The summed E-state index contributed by atoms with van der Waals surface area (Å²) in [4.78, 5) is 13.3. The van der Waals surface area contributed by atoms with Gasteiger partial charge >= 0.3 is 0 Å². The zero-order valence-corrected chi connectivity index (χ0v) is 12.6. The highest BCUT2D eigenvalue weighted by Crippen LogP contribution is 2.24. The highest BCUT2D eigenvalue weighted by atomic mass is 19.1. The molecule has 118 valence electrons. The number of ether oxygens (including phenoxy) is 1. The molecular formula is C16H20FN3O2. The number of halogens is 1. The van der Waals surface area contributed by atoms with Gasteiger partial charge in [-0.3, -0.25) is 4.79 Å². The van der Waals surface area contributed by atoms with Crippen LogP contribution in [0.25, 0.3) is 0 Å². The van der Waals surface area contributed by atoms with Crippen LogP contribution < -0.4 is 10.3 Å². The molecule has 1 aromatic carbocycles. The molecule has 0 aromatic heterocycles. The Labute approximate surface area is 129 Å². The van der Waals surface area contributed by atoms with E-state index < -0.39 is 0 Å². The Morgan fingerprint density at radius 2 is 2.23 bits per heavy atom. The van der Waals surface area contributed by atoms with E-state index in [0.29, 0.717) is 25.3 Å². The first kappa shape index (κ1) is 15.0. The van der Waals surface area contributed by atoms with E-state index in [0.717, 1.165) is 30.8 Å². The van der Waals surface area contributed by atoms with E-state index in [9.17, 15) is 9.18 Å². The summed E-state index contributed by atoms with van der Waals surface area (Å²) in [7, 11) is 0. The Balaban J connectivity index is 1.84. The smallest absolute Gasteiger partial charge is 0.240 e. The highest BCUT2D eigenvalue weighted by Gasteiger charge is 2.23. The van der Waals surface area contributed by atoms with E-state index in [1.165, 1.54) is 6.07 Å². The van der Waals surface area contributed by atoms with Crippen LogP contribution in [-0.4, -0.2) is 37.9 Å². The second kappa shape index (κ2) is 6.44. The van der Waals surface area contributed by atoms with Gasteiger partial charge in [-0.1, -0.05) is 13.0 Å². The number of amides is 1. The highest BCUT2D eigenvalue weighted by molar-refractivity contribution is 6.05. The summed E-state index contributed by atoms with van der Waals surface area (Å²) >= 11 is 0. The molecule has 5 nitrogen and oxygen atoms in total. The third kappa shape index (κ3) is 3.11. The van der Waals surface area contributed by atoms with Crippen LogP contribution in [0.2, 0.25) is 0 Å². The Morgan fingerprint density at radius 1 is 1.36 bits per heavy atom. The van der Waals surface area contributed by atoms with E-state index in [-0.39, 0.29) is 17.6 Å². The van der Waals surface area contributed by atoms with Crippen LogP contribution in [0.15, 0.2) is 23.3 Å².